The molecule has 3 aromatic rings. The van der Waals surface area contributed by atoms with Crippen molar-refractivity contribution in [3.8, 4) is 0 Å². The van der Waals surface area contributed by atoms with Crippen molar-refractivity contribution in [2.45, 2.75) is 39.4 Å². The minimum absolute atomic E-state index is 0.00447. The van der Waals surface area contributed by atoms with Crippen molar-refractivity contribution in [1.29, 1.82) is 0 Å². The molecule has 6 N–H and O–H groups in total. The van der Waals surface area contributed by atoms with Crippen LogP contribution in [-0.4, -0.2) is 32.1 Å². The highest BCUT2D eigenvalue weighted by Gasteiger charge is 2.15. The summed E-state index contributed by atoms with van der Waals surface area (Å²) in [6.07, 6.45) is 1.79. The van der Waals surface area contributed by atoms with Gasteiger partial charge in [0.15, 0.2) is 17.0 Å². The van der Waals surface area contributed by atoms with E-state index in [0.717, 1.165) is 22.4 Å². The molecule has 1 unspecified atom stereocenters. The van der Waals surface area contributed by atoms with Gasteiger partial charge in [-0.15, -0.1) is 0 Å². The summed E-state index contributed by atoms with van der Waals surface area (Å²) in [5.74, 6) is 1.20. The number of imidazole rings is 1. The average Bonchev–Trinajstić information content (AvgIpc) is 3.03. The van der Waals surface area contributed by atoms with Gasteiger partial charge in [-0.25, -0.2) is 4.98 Å². The Balaban J connectivity index is 1.95. The molecule has 0 aliphatic heterocycles. The molecule has 0 amide bonds. The van der Waals surface area contributed by atoms with Crippen LogP contribution in [0, 0.1) is 0 Å². The standard InChI is InChI=1S/C18H26N8/c1-11(2)26-10-23-15-16(21-9-13-6-4-5-7-14(13)20)24-18(25-17(15)26)22-8-12(3)19/h4-7,10-12H,8-9,19-20H2,1-3H3,(H2,21,22,24,25). The van der Waals surface area contributed by atoms with Gasteiger partial charge < -0.3 is 26.7 Å². The fourth-order valence-electron chi connectivity index (χ4n) is 2.62. The molecular formula is C18H26N8. The maximum absolute atomic E-state index is 6.03. The molecule has 0 bridgehead atoms. The number of aromatic nitrogens is 4. The van der Waals surface area contributed by atoms with Gasteiger partial charge >= 0.3 is 0 Å². The molecular weight excluding hydrogens is 328 g/mol. The summed E-state index contributed by atoms with van der Waals surface area (Å²) in [6, 6.07) is 8.01. The highest BCUT2D eigenvalue weighted by Crippen LogP contribution is 2.24. The first-order chi connectivity index (χ1) is 12.5. The lowest BCUT2D eigenvalue weighted by atomic mass is 10.2. The Morgan fingerprint density at radius 1 is 1.12 bits per heavy atom. The van der Waals surface area contributed by atoms with Crippen LogP contribution in [0.3, 0.4) is 0 Å². The van der Waals surface area contributed by atoms with E-state index in [2.05, 4.69) is 39.4 Å². The first-order valence-corrected chi connectivity index (χ1v) is 8.77. The van der Waals surface area contributed by atoms with Crippen LogP contribution in [0.1, 0.15) is 32.4 Å². The Bertz CT molecular complexity index is 884. The second kappa shape index (κ2) is 7.57. The van der Waals surface area contributed by atoms with Crippen LogP contribution in [0.25, 0.3) is 11.2 Å². The summed E-state index contributed by atoms with van der Waals surface area (Å²) in [7, 11) is 0. The molecule has 0 saturated carbocycles. The molecule has 0 aliphatic rings. The molecule has 2 heterocycles. The number of rotatable bonds is 7. The number of nitrogens with one attached hydrogen (secondary N) is 2. The molecule has 0 fully saturated rings. The summed E-state index contributed by atoms with van der Waals surface area (Å²) in [5, 5.41) is 6.54. The third-order valence-electron chi connectivity index (χ3n) is 4.06. The maximum atomic E-state index is 6.03. The molecule has 8 heteroatoms. The van der Waals surface area contributed by atoms with Gasteiger partial charge in [-0.05, 0) is 32.4 Å². The number of para-hydroxylation sites is 1. The molecule has 0 radical (unpaired) electrons. The lowest BCUT2D eigenvalue weighted by Crippen LogP contribution is -2.26. The summed E-state index contributed by atoms with van der Waals surface area (Å²) >= 11 is 0. The first kappa shape index (κ1) is 17.9. The van der Waals surface area contributed by atoms with E-state index in [1.54, 1.807) is 6.33 Å². The van der Waals surface area contributed by atoms with E-state index in [-0.39, 0.29) is 12.1 Å². The van der Waals surface area contributed by atoms with Crippen LogP contribution in [0.15, 0.2) is 30.6 Å². The monoisotopic (exact) mass is 354 g/mol. The molecule has 26 heavy (non-hydrogen) atoms. The van der Waals surface area contributed by atoms with Crippen molar-refractivity contribution in [2.24, 2.45) is 5.73 Å². The second-order valence-corrected chi connectivity index (χ2v) is 6.72. The molecule has 2 aromatic heterocycles. The van der Waals surface area contributed by atoms with Crippen molar-refractivity contribution in [1.82, 2.24) is 19.5 Å². The summed E-state index contributed by atoms with van der Waals surface area (Å²) in [5.41, 5.74) is 15.1. The number of hydrogen-bond donors (Lipinski definition) is 4. The van der Waals surface area contributed by atoms with Crippen LogP contribution < -0.4 is 22.1 Å². The number of hydrogen-bond acceptors (Lipinski definition) is 7. The van der Waals surface area contributed by atoms with Crippen LogP contribution in [0.4, 0.5) is 17.5 Å². The largest absolute Gasteiger partial charge is 0.398 e. The molecule has 0 spiro atoms. The topological polar surface area (TPSA) is 120 Å². The third-order valence-corrected chi connectivity index (χ3v) is 4.06. The highest BCUT2D eigenvalue weighted by molar-refractivity contribution is 5.84. The van der Waals surface area contributed by atoms with Crippen molar-refractivity contribution in [3.63, 3.8) is 0 Å². The van der Waals surface area contributed by atoms with Crippen molar-refractivity contribution >= 4 is 28.6 Å². The Morgan fingerprint density at radius 2 is 1.88 bits per heavy atom. The van der Waals surface area contributed by atoms with Crippen LogP contribution in [0.5, 0.6) is 0 Å². The number of nitrogens with two attached hydrogens (primary N) is 2. The van der Waals surface area contributed by atoms with Crippen molar-refractivity contribution in [2.75, 3.05) is 22.9 Å². The number of nitrogen functional groups attached to an aromatic ring is 1. The Morgan fingerprint density at radius 3 is 2.58 bits per heavy atom. The Labute approximate surface area is 153 Å². The second-order valence-electron chi connectivity index (χ2n) is 6.72. The fraction of sp³-hybridized carbons (Fsp3) is 0.389. The van der Waals surface area contributed by atoms with Gasteiger partial charge in [0.1, 0.15) is 0 Å². The predicted octanol–water partition coefficient (Wildman–Crippen LogP) is 2.36. The zero-order valence-electron chi connectivity index (χ0n) is 15.4. The number of benzene rings is 1. The van der Waals surface area contributed by atoms with Gasteiger partial charge in [-0.1, -0.05) is 18.2 Å². The van der Waals surface area contributed by atoms with E-state index in [9.17, 15) is 0 Å². The van der Waals surface area contributed by atoms with Crippen LogP contribution in [-0.2, 0) is 6.54 Å². The Hall–Kier alpha value is -2.87. The summed E-state index contributed by atoms with van der Waals surface area (Å²) in [6.45, 7) is 7.26. The SMILES string of the molecule is CC(N)CNc1nc(NCc2ccccc2N)c2ncn(C(C)C)c2n1. The van der Waals surface area contributed by atoms with E-state index in [4.69, 9.17) is 11.5 Å². The molecule has 0 saturated heterocycles. The lowest BCUT2D eigenvalue weighted by molar-refractivity contribution is 0.612. The van der Waals surface area contributed by atoms with Crippen LogP contribution in [0.2, 0.25) is 0 Å². The third kappa shape index (κ3) is 3.85. The normalized spacial score (nSPS) is 12.5. The van der Waals surface area contributed by atoms with E-state index in [1.807, 2.05) is 35.8 Å². The number of nitrogens with zero attached hydrogens (tertiary/aromatic N) is 4. The van der Waals surface area contributed by atoms with Gasteiger partial charge in [-0.3, -0.25) is 0 Å². The average molecular weight is 354 g/mol. The van der Waals surface area contributed by atoms with Gasteiger partial charge in [0.05, 0.1) is 6.33 Å². The Kier molecular flexibility index (Phi) is 5.22. The van der Waals surface area contributed by atoms with Crippen LogP contribution >= 0.6 is 0 Å². The smallest absolute Gasteiger partial charge is 0.226 e. The van der Waals surface area contributed by atoms with Gasteiger partial charge in [-0.2, -0.15) is 9.97 Å². The lowest BCUT2D eigenvalue weighted by Gasteiger charge is -2.13. The van der Waals surface area contributed by atoms with Crippen molar-refractivity contribution in [3.05, 3.63) is 36.2 Å². The molecule has 138 valence electrons. The first-order valence-electron chi connectivity index (χ1n) is 8.77. The molecule has 1 atom stereocenters. The number of fused-ring (bicyclic) bond motifs is 1. The summed E-state index contributed by atoms with van der Waals surface area (Å²) < 4.78 is 2.02. The predicted molar refractivity (Wildman–Crippen MR) is 106 cm³/mol. The fourth-order valence-corrected chi connectivity index (χ4v) is 2.62. The molecule has 1 aromatic carbocycles. The van der Waals surface area contributed by atoms with E-state index in [0.29, 0.717) is 24.9 Å². The zero-order valence-corrected chi connectivity index (χ0v) is 15.4. The van der Waals surface area contributed by atoms with E-state index in [1.165, 1.54) is 0 Å². The quantitative estimate of drug-likeness (QED) is 0.481. The molecule has 0 aliphatic carbocycles. The van der Waals surface area contributed by atoms with Gasteiger partial charge in [0, 0.05) is 30.9 Å². The minimum Gasteiger partial charge on any atom is -0.398 e. The van der Waals surface area contributed by atoms with Gasteiger partial charge in [0.2, 0.25) is 5.95 Å². The van der Waals surface area contributed by atoms with E-state index < -0.39 is 0 Å². The zero-order chi connectivity index (χ0) is 18.7. The van der Waals surface area contributed by atoms with E-state index >= 15 is 0 Å². The van der Waals surface area contributed by atoms with Crippen molar-refractivity contribution < 1.29 is 0 Å². The highest BCUT2D eigenvalue weighted by atomic mass is 15.2. The van der Waals surface area contributed by atoms with Gasteiger partial charge in [0.25, 0.3) is 0 Å². The minimum atomic E-state index is 0.00447. The molecule has 3 rings (SSSR count). The molecule has 8 nitrogen and oxygen atoms in total. The summed E-state index contributed by atoms with van der Waals surface area (Å²) in [4.78, 5) is 13.7. The maximum Gasteiger partial charge on any atom is 0.226 e. The number of anilines is 3.